The smallest absolute Gasteiger partial charge is 0.0114 e. The van der Waals surface area contributed by atoms with Gasteiger partial charge in [-0.2, -0.15) is 12.1 Å². The van der Waals surface area contributed by atoms with Gasteiger partial charge in [-0.25, -0.2) is 0 Å². The van der Waals surface area contributed by atoms with Gasteiger partial charge in [0.1, 0.15) is 0 Å². The van der Waals surface area contributed by atoms with Gasteiger partial charge in [0.2, 0.25) is 0 Å². The van der Waals surface area contributed by atoms with Crippen LogP contribution >= 0.6 is 24.8 Å². The Morgan fingerprint density at radius 1 is 0.256 bits per heavy atom. The van der Waals surface area contributed by atoms with E-state index in [9.17, 15) is 0 Å². The third kappa shape index (κ3) is 11.3. The fourth-order valence-corrected chi connectivity index (χ4v) is 11.4. The Hall–Kier alpha value is -7.42. The van der Waals surface area contributed by atoms with Gasteiger partial charge in [-0.05, 0) is 78.2 Å². The third-order valence-electron chi connectivity index (χ3n) is 14.7. The monoisotopic (exact) mass is 1130 g/mol. The summed E-state index contributed by atoms with van der Waals surface area (Å²) in [5.41, 5.74) is 15.7. The number of hydrogen-bond donors (Lipinski definition) is 0. The molecule has 0 unspecified atom stereocenters. The number of halogens is 2. The van der Waals surface area contributed by atoms with Gasteiger partial charge in [0, 0.05) is 0 Å². The maximum absolute atomic E-state index is 3.06. The second-order valence-corrected chi connectivity index (χ2v) is 19.1. The summed E-state index contributed by atoms with van der Waals surface area (Å²) >= 11 is 1.36. The summed E-state index contributed by atoms with van der Waals surface area (Å²) in [5, 5.41) is 15.6. The minimum absolute atomic E-state index is 0. The van der Waals surface area contributed by atoms with E-state index in [-0.39, 0.29) is 39.7 Å². The second-order valence-electron chi connectivity index (χ2n) is 19.1. The zero-order valence-electron chi connectivity index (χ0n) is 43.8. The Kier molecular flexibility index (Phi) is 18.8. The SMILES string of the molecule is Cl.Cl.[CH3-].[CH3-].[Si]=[Zr].c1ccc(Cc2cc3c(-c4cccc5ccccc45)ccc(-c4cccc5ccccc45)c3[cH-]2)cc1.c1ccc(Cc2cc3c(-c4cccc5ccccc45)ccc(-c4cccc5ccccc45)c3[cH-]2)cc1. The predicted molar refractivity (Wildman–Crippen MR) is 342 cm³/mol. The second kappa shape index (κ2) is 25.8. The number of benzene rings is 12. The molecule has 14 aromatic rings. The van der Waals surface area contributed by atoms with Crippen molar-refractivity contribution in [2.75, 3.05) is 0 Å². The van der Waals surface area contributed by atoms with Crippen molar-refractivity contribution in [1.29, 1.82) is 0 Å². The summed E-state index contributed by atoms with van der Waals surface area (Å²) in [6.45, 7) is 3.06. The van der Waals surface area contributed by atoms with Gasteiger partial charge in [0.15, 0.2) is 0 Å². The number of hydrogen-bond acceptors (Lipinski definition) is 0. The maximum Gasteiger partial charge on any atom is -0.0114 e. The molecular weight excluding hydrogens is 1080 g/mol. The molecular formula is C74H58Cl2SiZr-4. The van der Waals surface area contributed by atoms with E-state index >= 15 is 0 Å². The standard InChI is InChI=1S/2C36H25.2CH3.2ClH.Si.Zr/c2*1-2-10-25(11-3-1)22-26-23-35-33(31-18-8-14-27-12-4-6-16-29(27)31)20-21-34(36(35)24-26)32-19-9-15-28-13-5-7-17-30(28)32;;;;;;/h2*1-21,23-24H,22H2;2*1H3;2*1H;;/q4*-1;;;;. The molecule has 14 rings (SSSR count). The molecule has 0 fully saturated rings. The molecule has 0 atom stereocenters. The third-order valence-corrected chi connectivity index (χ3v) is 14.7. The molecule has 78 heavy (non-hydrogen) atoms. The van der Waals surface area contributed by atoms with Crippen LogP contribution in [0.1, 0.15) is 22.3 Å². The minimum atomic E-state index is 0. The normalized spacial score (nSPS) is 10.6. The van der Waals surface area contributed by atoms with Crippen molar-refractivity contribution in [1.82, 2.24) is 0 Å². The quantitative estimate of drug-likeness (QED) is 0.105. The van der Waals surface area contributed by atoms with E-state index in [1.807, 2.05) is 0 Å². The van der Waals surface area contributed by atoms with E-state index in [2.05, 4.69) is 286 Å². The molecule has 0 aliphatic rings. The molecule has 0 aromatic heterocycles. The van der Waals surface area contributed by atoms with Gasteiger partial charge in [-0.1, -0.05) is 288 Å². The van der Waals surface area contributed by atoms with Crippen molar-refractivity contribution in [3.8, 4) is 44.5 Å². The summed E-state index contributed by atoms with van der Waals surface area (Å²) in [6.07, 6.45) is 1.86. The van der Waals surface area contributed by atoms with Crippen LogP contribution in [0.15, 0.2) is 279 Å². The van der Waals surface area contributed by atoms with Crippen molar-refractivity contribution in [3.05, 3.63) is 316 Å². The van der Waals surface area contributed by atoms with Crippen molar-refractivity contribution in [2.45, 2.75) is 12.8 Å². The van der Waals surface area contributed by atoms with E-state index in [0.29, 0.717) is 0 Å². The van der Waals surface area contributed by atoms with E-state index in [0.717, 1.165) is 12.8 Å². The van der Waals surface area contributed by atoms with Crippen LogP contribution in [0.2, 0.25) is 0 Å². The molecule has 0 saturated carbocycles. The van der Waals surface area contributed by atoms with Gasteiger partial charge in [-0.3, -0.25) is 0 Å². The average molecular weight is 1140 g/mol. The summed E-state index contributed by atoms with van der Waals surface area (Å²) < 4.78 is 0. The average Bonchev–Trinajstić information content (AvgIpc) is 4.23. The first-order valence-corrected chi connectivity index (χ1v) is 29.6. The molecule has 0 heterocycles. The largest absolute Gasteiger partial charge is 0.164 e. The van der Waals surface area contributed by atoms with Crippen molar-refractivity contribution in [2.24, 2.45) is 0 Å². The summed E-state index contributed by atoms with van der Waals surface area (Å²) in [5.74, 6) is 0. The zero-order valence-corrected chi connectivity index (χ0v) is 48.9. The van der Waals surface area contributed by atoms with Gasteiger partial charge < -0.3 is 14.9 Å². The molecule has 0 saturated heterocycles. The number of fused-ring (bicyclic) bond motifs is 6. The maximum atomic E-state index is 3.06. The van der Waals surface area contributed by atoms with E-state index in [4.69, 9.17) is 0 Å². The molecule has 380 valence electrons. The molecule has 0 spiro atoms. The molecule has 0 N–H and O–H groups in total. The minimum Gasteiger partial charge on any atom is -0.164 e. The first-order chi connectivity index (χ1) is 36.7. The summed E-state index contributed by atoms with van der Waals surface area (Å²) in [7, 11) is 0. The van der Waals surface area contributed by atoms with Crippen LogP contribution in [0.5, 0.6) is 0 Å². The van der Waals surface area contributed by atoms with Gasteiger partial charge in [-0.15, -0.1) is 69.6 Å². The van der Waals surface area contributed by atoms with E-state index < -0.39 is 0 Å². The van der Waals surface area contributed by atoms with Gasteiger partial charge in [0.05, 0.1) is 0 Å². The molecule has 14 aromatic carbocycles. The van der Waals surface area contributed by atoms with Crippen molar-refractivity contribution < 1.29 is 23.3 Å². The van der Waals surface area contributed by atoms with Crippen LogP contribution in [-0.4, -0.2) is 6.88 Å². The van der Waals surface area contributed by atoms with Gasteiger partial charge in [0.25, 0.3) is 0 Å². The van der Waals surface area contributed by atoms with E-state index in [1.54, 1.807) is 0 Å². The Labute approximate surface area is 489 Å². The Bertz CT molecular complexity index is 3770. The van der Waals surface area contributed by atoms with Crippen molar-refractivity contribution >= 4 is 96.3 Å². The first-order valence-electron chi connectivity index (χ1n) is 25.4. The Balaban J connectivity index is 0.000000190. The van der Waals surface area contributed by atoms with Crippen molar-refractivity contribution in [3.63, 3.8) is 0 Å². The Morgan fingerprint density at radius 2 is 0.500 bits per heavy atom. The first kappa shape index (κ1) is 56.8. The summed E-state index contributed by atoms with van der Waals surface area (Å²) in [6, 6.07) is 102. The fraction of sp³-hybridized carbons (Fsp3) is 0.0270. The summed E-state index contributed by atoms with van der Waals surface area (Å²) in [4.78, 5) is 0. The van der Waals surface area contributed by atoms with E-state index in [1.165, 1.54) is 155 Å². The molecule has 4 heteroatoms. The molecule has 0 amide bonds. The Morgan fingerprint density at radius 3 is 0.821 bits per heavy atom. The molecule has 2 radical (unpaired) electrons. The van der Waals surface area contributed by atoms with Gasteiger partial charge >= 0.3 is 30.2 Å². The number of rotatable bonds is 8. The molecule has 0 nitrogen and oxygen atoms in total. The zero-order chi connectivity index (χ0) is 49.8. The molecule has 0 bridgehead atoms. The topological polar surface area (TPSA) is 0 Å². The van der Waals surface area contributed by atoms with Crippen LogP contribution in [0.25, 0.3) is 109 Å². The van der Waals surface area contributed by atoms with Crippen LogP contribution in [0.4, 0.5) is 0 Å². The van der Waals surface area contributed by atoms with Crippen LogP contribution < -0.4 is 0 Å². The van der Waals surface area contributed by atoms with Crippen LogP contribution in [0, 0.1) is 14.9 Å². The molecule has 0 aliphatic heterocycles. The predicted octanol–water partition coefficient (Wildman–Crippen LogP) is 20.9. The van der Waals surface area contributed by atoms with Crippen LogP contribution in [0.3, 0.4) is 0 Å². The molecule has 0 aliphatic carbocycles. The fourth-order valence-electron chi connectivity index (χ4n) is 11.4. The van der Waals surface area contributed by atoms with Crippen LogP contribution in [-0.2, 0) is 36.2 Å².